The number of aromatic nitrogens is 1. The lowest BCUT2D eigenvalue weighted by Gasteiger charge is -2.06. The van der Waals surface area contributed by atoms with Gasteiger partial charge in [0.2, 0.25) is 0 Å². The first-order valence-corrected chi connectivity index (χ1v) is 8.62. The maximum atomic E-state index is 12.0. The first-order valence-electron chi connectivity index (χ1n) is 7.74. The van der Waals surface area contributed by atoms with E-state index in [0.717, 1.165) is 22.6 Å². The maximum Gasteiger partial charge on any atom is 0.264 e. The van der Waals surface area contributed by atoms with Crippen LogP contribution in [0.15, 0.2) is 53.9 Å². The van der Waals surface area contributed by atoms with Crippen molar-refractivity contribution in [1.82, 2.24) is 4.98 Å². The Bertz CT molecular complexity index is 862. The third kappa shape index (κ3) is 4.36. The van der Waals surface area contributed by atoms with Crippen LogP contribution in [0.3, 0.4) is 0 Å². The summed E-state index contributed by atoms with van der Waals surface area (Å²) in [6, 6.07) is 15.1. The molecular weight excluding hydrogens is 336 g/mol. The molecule has 128 valence electrons. The van der Waals surface area contributed by atoms with Gasteiger partial charge in [0.25, 0.3) is 5.91 Å². The lowest BCUT2D eigenvalue weighted by molar-refractivity contribution is -0.118. The SMILES string of the molecule is COc1ccc(-c2csc(NC(=O)COc3ccccc3)n2)cc1C. The lowest BCUT2D eigenvalue weighted by Crippen LogP contribution is -2.19. The number of rotatable bonds is 6. The van der Waals surface area contributed by atoms with Crippen LogP contribution in [0, 0.1) is 6.92 Å². The van der Waals surface area contributed by atoms with E-state index in [0.29, 0.717) is 10.9 Å². The monoisotopic (exact) mass is 354 g/mol. The average molecular weight is 354 g/mol. The summed E-state index contributed by atoms with van der Waals surface area (Å²) in [5.74, 6) is 1.26. The van der Waals surface area contributed by atoms with Gasteiger partial charge in [-0.05, 0) is 42.8 Å². The summed E-state index contributed by atoms with van der Waals surface area (Å²) in [4.78, 5) is 16.4. The zero-order valence-corrected chi connectivity index (χ0v) is 14.8. The number of hydrogen-bond acceptors (Lipinski definition) is 5. The molecule has 1 N–H and O–H groups in total. The normalized spacial score (nSPS) is 10.3. The Kier molecular flexibility index (Phi) is 5.30. The highest BCUT2D eigenvalue weighted by Gasteiger charge is 2.10. The first-order chi connectivity index (χ1) is 12.2. The molecule has 0 saturated heterocycles. The minimum absolute atomic E-state index is 0.0550. The zero-order chi connectivity index (χ0) is 17.6. The molecule has 1 aromatic heterocycles. The van der Waals surface area contributed by atoms with Crippen molar-refractivity contribution in [3.8, 4) is 22.8 Å². The van der Waals surface area contributed by atoms with Gasteiger partial charge < -0.3 is 9.47 Å². The number of anilines is 1. The van der Waals surface area contributed by atoms with E-state index in [9.17, 15) is 4.79 Å². The van der Waals surface area contributed by atoms with Crippen LogP contribution < -0.4 is 14.8 Å². The summed E-state index contributed by atoms with van der Waals surface area (Å²) in [6.07, 6.45) is 0. The van der Waals surface area contributed by atoms with E-state index in [2.05, 4.69) is 10.3 Å². The summed E-state index contributed by atoms with van der Waals surface area (Å²) >= 11 is 1.38. The summed E-state index contributed by atoms with van der Waals surface area (Å²) in [7, 11) is 1.65. The van der Waals surface area contributed by atoms with Crippen LogP contribution in [0.4, 0.5) is 5.13 Å². The Balaban J connectivity index is 1.61. The molecule has 3 rings (SSSR count). The van der Waals surface area contributed by atoms with Gasteiger partial charge in [-0.25, -0.2) is 4.98 Å². The van der Waals surface area contributed by atoms with Crippen molar-refractivity contribution in [1.29, 1.82) is 0 Å². The van der Waals surface area contributed by atoms with Crippen LogP contribution in [0.2, 0.25) is 0 Å². The number of benzene rings is 2. The van der Waals surface area contributed by atoms with E-state index in [1.165, 1.54) is 11.3 Å². The summed E-state index contributed by atoms with van der Waals surface area (Å²) in [5, 5.41) is 5.22. The molecule has 0 atom stereocenters. The van der Waals surface area contributed by atoms with Crippen molar-refractivity contribution in [2.24, 2.45) is 0 Å². The highest BCUT2D eigenvalue weighted by atomic mass is 32.1. The summed E-state index contributed by atoms with van der Waals surface area (Å²) < 4.78 is 10.7. The minimum atomic E-state index is -0.240. The third-order valence-corrected chi connectivity index (χ3v) is 4.31. The van der Waals surface area contributed by atoms with Crippen molar-refractivity contribution in [3.05, 3.63) is 59.5 Å². The van der Waals surface area contributed by atoms with E-state index in [1.807, 2.05) is 48.7 Å². The maximum absolute atomic E-state index is 12.0. The van der Waals surface area contributed by atoms with Gasteiger partial charge >= 0.3 is 0 Å². The fraction of sp³-hybridized carbons (Fsp3) is 0.158. The fourth-order valence-electron chi connectivity index (χ4n) is 2.32. The molecule has 0 spiro atoms. The molecule has 0 radical (unpaired) electrons. The van der Waals surface area contributed by atoms with Crippen molar-refractivity contribution in [3.63, 3.8) is 0 Å². The molecule has 2 aromatic carbocycles. The van der Waals surface area contributed by atoms with Crippen LogP contribution in [-0.4, -0.2) is 24.6 Å². The Morgan fingerprint density at radius 3 is 2.72 bits per heavy atom. The van der Waals surface area contributed by atoms with Gasteiger partial charge in [-0.1, -0.05) is 18.2 Å². The van der Waals surface area contributed by atoms with E-state index in [1.54, 1.807) is 19.2 Å². The number of para-hydroxylation sites is 1. The van der Waals surface area contributed by atoms with Gasteiger partial charge in [0, 0.05) is 10.9 Å². The largest absolute Gasteiger partial charge is 0.496 e. The molecule has 0 aliphatic heterocycles. The average Bonchev–Trinajstić information content (AvgIpc) is 3.09. The van der Waals surface area contributed by atoms with Gasteiger partial charge in [0.15, 0.2) is 11.7 Å². The Morgan fingerprint density at radius 1 is 1.20 bits per heavy atom. The Hall–Kier alpha value is -2.86. The van der Waals surface area contributed by atoms with E-state index < -0.39 is 0 Å². The highest BCUT2D eigenvalue weighted by Crippen LogP contribution is 2.28. The van der Waals surface area contributed by atoms with Crippen LogP contribution in [0.25, 0.3) is 11.3 Å². The molecule has 1 heterocycles. The number of nitrogens with one attached hydrogen (secondary N) is 1. The second-order valence-corrected chi connectivity index (χ2v) is 6.23. The predicted octanol–water partition coefficient (Wildman–Crippen LogP) is 4.14. The van der Waals surface area contributed by atoms with E-state index in [4.69, 9.17) is 9.47 Å². The fourth-order valence-corrected chi connectivity index (χ4v) is 3.06. The number of hydrogen-bond donors (Lipinski definition) is 1. The Morgan fingerprint density at radius 2 is 2.00 bits per heavy atom. The van der Waals surface area contributed by atoms with E-state index in [-0.39, 0.29) is 12.5 Å². The second kappa shape index (κ2) is 7.81. The summed E-state index contributed by atoms with van der Waals surface area (Å²) in [5.41, 5.74) is 2.83. The molecule has 5 nitrogen and oxygen atoms in total. The highest BCUT2D eigenvalue weighted by molar-refractivity contribution is 7.14. The minimum Gasteiger partial charge on any atom is -0.496 e. The standard InChI is InChI=1S/C19H18N2O3S/c1-13-10-14(8-9-17(13)23-2)16-12-25-19(20-16)21-18(22)11-24-15-6-4-3-5-7-15/h3-10,12H,11H2,1-2H3,(H,20,21,22). The number of aryl methyl sites for hydroxylation is 1. The van der Waals surface area contributed by atoms with E-state index >= 15 is 0 Å². The van der Waals surface area contributed by atoms with Crippen molar-refractivity contribution >= 4 is 22.4 Å². The van der Waals surface area contributed by atoms with Crippen molar-refractivity contribution < 1.29 is 14.3 Å². The quantitative estimate of drug-likeness (QED) is 0.722. The lowest BCUT2D eigenvalue weighted by atomic mass is 10.1. The molecule has 0 fully saturated rings. The second-order valence-electron chi connectivity index (χ2n) is 5.37. The number of nitrogens with zero attached hydrogens (tertiary/aromatic N) is 1. The number of thiazole rings is 1. The number of methoxy groups -OCH3 is 1. The molecule has 1 amide bonds. The van der Waals surface area contributed by atoms with Gasteiger partial charge in [-0.2, -0.15) is 0 Å². The van der Waals surface area contributed by atoms with Crippen LogP contribution in [-0.2, 0) is 4.79 Å². The molecule has 3 aromatic rings. The summed E-state index contributed by atoms with van der Waals surface area (Å²) in [6.45, 7) is 1.93. The molecule has 0 bridgehead atoms. The topological polar surface area (TPSA) is 60.5 Å². The number of ether oxygens (including phenoxy) is 2. The number of carbonyl (C=O) groups excluding carboxylic acids is 1. The molecule has 25 heavy (non-hydrogen) atoms. The van der Waals surface area contributed by atoms with Crippen molar-refractivity contribution in [2.45, 2.75) is 6.92 Å². The molecule has 0 aliphatic carbocycles. The van der Waals surface area contributed by atoms with Gasteiger partial charge in [0.05, 0.1) is 12.8 Å². The third-order valence-electron chi connectivity index (χ3n) is 3.55. The van der Waals surface area contributed by atoms with Gasteiger partial charge in [-0.3, -0.25) is 10.1 Å². The molecule has 0 unspecified atom stereocenters. The van der Waals surface area contributed by atoms with Crippen LogP contribution in [0.1, 0.15) is 5.56 Å². The zero-order valence-electron chi connectivity index (χ0n) is 14.0. The van der Waals surface area contributed by atoms with Crippen LogP contribution >= 0.6 is 11.3 Å². The smallest absolute Gasteiger partial charge is 0.264 e. The van der Waals surface area contributed by atoms with Gasteiger partial charge in [-0.15, -0.1) is 11.3 Å². The molecule has 0 aliphatic rings. The molecular formula is C19H18N2O3S. The molecule has 0 saturated carbocycles. The number of amides is 1. The number of carbonyl (C=O) groups is 1. The molecule has 6 heteroatoms. The first kappa shape index (κ1) is 17.0. The van der Waals surface area contributed by atoms with Gasteiger partial charge in [0.1, 0.15) is 11.5 Å². The Labute approximate surface area is 150 Å². The predicted molar refractivity (Wildman–Crippen MR) is 99.4 cm³/mol. The van der Waals surface area contributed by atoms with Crippen molar-refractivity contribution in [2.75, 3.05) is 19.0 Å². The van der Waals surface area contributed by atoms with Crippen LogP contribution in [0.5, 0.6) is 11.5 Å².